The van der Waals surface area contributed by atoms with E-state index in [0.717, 1.165) is 28.0 Å². The molecule has 0 bridgehead atoms. The van der Waals surface area contributed by atoms with Crippen LogP contribution in [0.5, 0.6) is 5.75 Å². The van der Waals surface area contributed by atoms with E-state index in [4.69, 9.17) is 4.74 Å². The van der Waals surface area contributed by atoms with Gasteiger partial charge in [-0.2, -0.15) is 0 Å². The molecule has 1 aromatic heterocycles. The first kappa shape index (κ1) is 15.7. The molecule has 3 aromatic carbocycles. The van der Waals surface area contributed by atoms with Crippen molar-refractivity contribution in [2.24, 2.45) is 0 Å². The van der Waals surface area contributed by atoms with E-state index < -0.39 is 6.10 Å². The maximum Gasteiger partial charge on any atom is 0.120 e. The van der Waals surface area contributed by atoms with Crippen molar-refractivity contribution in [3.63, 3.8) is 0 Å². The summed E-state index contributed by atoms with van der Waals surface area (Å²) < 4.78 is 7.82. The van der Waals surface area contributed by atoms with Gasteiger partial charge in [0.25, 0.3) is 0 Å². The first-order valence-electron chi connectivity index (χ1n) is 8.42. The predicted molar refractivity (Wildman–Crippen MR) is 99.9 cm³/mol. The average molecular weight is 332 g/mol. The van der Waals surface area contributed by atoms with E-state index in [2.05, 4.69) is 17.1 Å². The normalized spacial score (nSPS) is 12.6. The number of fused-ring (bicyclic) bond motifs is 2. The molecule has 4 heteroatoms. The molecule has 4 nitrogen and oxygen atoms in total. The van der Waals surface area contributed by atoms with Crippen molar-refractivity contribution in [1.82, 2.24) is 9.55 Å². The number of aryl methyl sites for hydroxylation is 1. The van der Waals surface area contributed by atoms with Gasteiger partial charge >= 0.3 is 0 Å². The quantitative estimate of drug-likeness (QED) is 0.602. The van der Waals surface area contributed by atoms with Crippen LogP contribution in [0.1, 0.15) is 5.82 Å². The van der Waals surface area contributed by atoms with Crippen molar-refractivity contribution >= 4 is 21.8 Å². The highest BCUT2D eigenvalue weighted by molar-refractivity contribution is 5.83. The van der Waals surface area contributed by atoms with E-state index in [0.29, 0.717) is 6.54 Å². The number of imidazole rings is 1. The van der Waals surface area contributed by atoms with Crippen molar-refractivity contribution in [2.45, 2.75) is 19.6 Å². The van der Waals surface area contributed by atoms with E-state index in [9.17, 15) is 5.11 Å². The zero-order valence-electron chi connectivity index (χ0n) is 14.1. The molecule has 0 fully saturated rings. The minimum Gasteiger partial charge on any atom is -0.491 e. The third-order valence-corrected chi connectivity index (χ3v) is 4.40. The van der Waals surface area contributed by atoms with Gasteiger partial charge in [0.2, 0.25) is 0 Å². The third-order valence-electron chi connectivity index (χ3n) is 4.40. The Morgan fingerprint density at radius 3 is 2.64 bits per heavy atom. The molecule has 0 saturated carbocycles. The summed E-state index contributed by atoms with van der Waals surface area (Å²) >= 11 is 0. The van der Waals surface area contributed by atoms with Gasteiger partial charge in [-0.3, -0.25) is 0 Å². The summed E-state index contributed by atoms with van der Waals surface area (Å²) in [6.45, 7) is 2.65. The van der Waals surface area contributed by atoms with Crippen molar-refractivity contribution < 1.29 is 9.84 Å². The molecule has 1 heterocycles. The van der Waals surface area contributed by atoms with Gasteiger partial charge < -0.3 is 14.4 Å². The highest BCUT2D eigenvalue weighted by atomic mass is 16.5. The summed E-state index contributed by atoms with van der Waals surface area (Å²) in [7, 11) is 0. The summed E-state index contributed by atoms with van der Waals surface area (Å²) in [4.78, 5) is 4.53. The number of rotatable bonds is 5. The lowest BCUT2D eigenvalue weighted by molar-refractivity contribution is 0.0930. The lowest BCUT2D eigenvalue weighted by Crippen LogP contribution is -2.24. The van der Waals surface area contributed by atoms with Crippen LogP contribution < -0.4 is 4.74 Å². The Kier molecular flexibility index (Phi) is 4.12. The Hall–Kier alpha value is -2.85. The molecule has 0 spiro atoms. The molecule has 25 heavy (non-hydrogen) atoms. The molecule has 4 rings (SSSR count). The summed E-state index contributed by atoms with van der Waals surface area (Å²) in [6, 6.07) is 22.1. The number of aliphatic hydroxyl groups excluding tert-OH is 1. The van der Waals surface area contributed by atoms with Crippen molar-refractivity contribution in [3.8, 4) is 5.75 Å². The SMILES string of the molecule is Cc1nc2ccccc2n1C[C@@H](O)COc1ccc2ccccc2c1. The van der Waals surface area contributed by atoms with Gasteiger partial charge in [0.05, 0.1) is 17.6 Å². The van der Waals surface area contributed by atoms with Crippen LogP contribution >= 0.6 is 0 Å². The van der Waals surface area contributed by atoms with Crippen molar-refractivity contribution in [3.05, 3.63) is 72.6 Å². The highest BCUT2D eigenvalue weighted by Crippen LogP contribution is 2.21. The zero-order valence-corrected chi connectivity index (χ0v) is 14.1. The number of aromatic nitrogens is 2. The molecule has 1 N–H and O–H groups in total. The zero-order chi connectivity index (χ0) is 17.2. The Labute approximate surface area is 146 Å². The van der Waals surface area contributed by atoms with Gasteiger partial charge in [0.15, 0.2) is 0 Å². The van der Waals surface area contributed by atoms with Crippen LogP contribution in [0.3, 0.4) is 0 Å². The predicted octanol–water partition coefficient (Wildman–Crippen LogP) is 3.94. The van der Waals surface area contributed by atoms with Gasteiger partial charge in [-0.1, -0.05) is 42.5 Å². The fourth-order valence-electron chi connectivity index (χ4n) is 3.14. The van der Waals surface area contributed by atoms with Crippen LogP contribution in [0.15, 0.2) is 66.7 Å². The Morgan fingerprint density at radius 1 is 1.00 bits per heavy atom. The highest BCUT2D eigenvalue weighted by Gasteiger charge is 2.12. The monoisotopic (exact) mass is 332 g/mol. The van der Waals surface area contributed by atoms with Crippen LogP contribution in [0.4, 0.5) is 0 Å². The summed E-state index contributed by atoms with van der Waals surface area (Å²) in [6.07, 6.45) is -0.609. The maximum absolute atomic E-state index is 10.4. The van der Waals surface area contributed by atoms with Crippen LogP contribution in [0, 0.1) is 6.92 Å². The lowest BCUT2D eigenvalue weighted by Gasteiger charge is -2.15. The first-order valence-corrected chi connectivity index (χ1v) is 8.42. The Bertz CT molecular complexity index is 1020. The molecule has 4 aromatic rings. The van der Waals surface area contributed by atoms with E-state index in [-0.39, 0.29) is 6.61 Å². The molecule has 0 aliphatic carbocycles. The van der Waals surface area contributed by atoms with Crippen molar-refractivity contribution in [1.29, 1.82) is 0 Å². The minimum absolute atomic E-state index is 0.240. The van der Waals surface area contributed by atoms with Crippen LogP contribution in [-0.2, 0) is 6.54 Å². The second-order valence-electron chi connectivity index (χ2n) is 6.23. The van der Waals surface area contributed by atoms with E-state index in [1.807, 2.05) is 66.1 Å². The maximum atomic E-state index is 10.4. The molecule has 0 aliphatic rings. The molecule has 0 unspecified atom stereocenters. The van der Waals surface area contributed by atoms with Gasteiger partial charge in [-0.25, -0.2) is 4.98 Å². The van der Waals surface area contributed by atoms with Crippen LogP contribution in [0.25, 0.3) is 21.8 Å². The minimum atomic E-state index is -0.609. The second-order valence-corrected chi connectivity index (χ2v) is 6.23. The molecule has 126 valence electrons. The molecule has 1 atom stereocenters. The second kappa shape index (κ2) is 6.57. The lowest BCUT2D eigenvalue weighted by atomic mass is 10.1. The number of para-hydroxylation sites is 2. The molecular weight excluding hydrogens is 312 g/mol. The smallest absolute Gasteiger partial charge is 0.120 e. The summed E-state index contributed by atoms with van der Waals surface area (Å²) in [5.41, 5.74) is 1.98. The number of hydrogen-bond acceptors (Lipinski definition) is 3. The van der Waals surface area contributed by atoms with Gasteiger partial charge in [0.1, 0.15) is 24.3 Å². The van der Waals surface area contributed by atoms with Crippen molar-refractivity contribution in [2.75, 3.05) is 6.61 Å². The fraction of sp³-hybridized carbons (Fsp3) is 0.190. The van der Waals surface area contributed by atoms with Crippen LogP contribution in [0.2, 0.25) is 0 Å². The van der Waals surface area contributed by atoms with Gasteiger partial charge in [-0.15, -0.1) is 0 Å². The Balaban J connectivity index is 1.46. The van der Waals surface area contributed by atoms with Gasteiger partial charge in [-0.05, 0) is 42.0 Å². The molecule has 0 radical (unpaired) electrons. The number of benzene rings is 3. The topological polar surface area (TPSA) is 47.3 Å². The van der Waals surface area contributed by atoms with E-state index in [1.54, 1.807) is 0 Å². The number of aliphatic hydroxyl groups is 1. The average Bonchev–Trinajstić information content (AvgIpc) is 2.95. The Morgan fingerprint density at radius 2 is 1.76 bits per heavy atom. The number of ether oxygens (including phenoxy) is 1. The van der Waals surface area contributed by atoms with E-state index >= 15 is 0 Å². The molecular formula is C21H20N2O2. The fourth-order valence-corrected chi connectivity index (χ4v) is 3.14. The molecule has 0 aliphatic heterocycles. The first-order chi connectivity index (χ1) is 12.2. The number of nitrogens with zero attached hydrogens (tertiary/aromatic N) is 2. The van der Waals surface area contributed by atoms with Crippen LogP contribution in [-0.4, -0.2) is 27.4 Å². The number of hydrogen-bond donors (Lipinski definition) is 1. The summed E-state index contributed by atoms with van der Waals surface area (Å²) in [5, 5.41) is 12.7. The standard InChI is InChI=1S/C21H20N2O2/c1-15-22-20-8-4-5-9-21(20)23(15)13-18(24)14-25-19-11-10-16-6-2-3-7-17(16)12-19/h2-12,18,24H,13-14H2,1H3/t18-/m1/s1. The molecule has 0 saturated heterocycles. The van der Waals surface area contributed by atoms with E-state index in [1.165, 1.54) is 5.39 Å². The summed E-state index contributed by atoms with van der Waals surface area (Å²) in [5.74, 6) is 1.66. The molecule has 0 amide bonds. The third kappa shape index (κ3) is 3.21. The van der Waals surface area contributed by atoms with Gasteiger partial charge in [0, 0.05) is 0 Å². The largest absolute Gasteiger partial charge is 0.491 e.